The van der Waals surface area contributed by atoms with E-state index in [1.165, 1.54) is 0 Å². The van der Waals surface area contributed by atoms with Crippen LogP contribution < -0.4 is 0 Å². The molecule has 0 aliphatic heterocycles. The number of benzene rings is 1. The van der Waals surface area contributed by atoms with Crippen molar-refractivity contribution in [2.75, 3.05) is 0 Å². The second-order valence-electron chi connectivity index (χ2n) is 5.86. The van der Waals surface area contributed by atoms with Crippen LogP contribution in [0.2, 0.25) is 0 Å². The van der Waals surface area contributed by atoms with Crippen LogP contribution in [0.1, 0.15) is 45.1 Å². The van der Waals surface area contributed by atoms with Crippen molar-refractivity contribution in [3.8, 4) is 5.75 Å². The molecule has 0 saturated carbocycles. The van der Waals surface area contributed by atoms with Gasteiger partial charge in [0.25, 0.3) is 0 Å². The van der Waals surface area contributed by atoms with Gasteiger partial charge in [0.15, 0.2) is 5.78 Å². The molecule has 0 aromatic heterocycles. The number of aryl methyl sites for hydroxylation is 1. The molecular formula is C17H22O2. The van der Waals surface area contributed by atoms with E-state index in [9.17, 15) is 9.90 Å². The van der Waals surface area contributed by atoms with Gasteiger partial charge < -0.3 is 5.11 Å². The summed E-state index contributed by atoms with van der Waals surface area (Å²) in [6, 6.07) is 7.52. The average Bonchev–Trinajstić information content (AvgIpc) is 2.75. The van der Waals surface area contributed by atoms with Gasteiger partial charge >= 0.3 is 0 Å². The smallest absolute Gasteiger partial charge is 0.155 e. The first-order valence-corrected chi connectivity index (χ1v) is 7.00. The predicted octanol–water partition coefficient (Wildman–Crippen LogP) is 4.03. The number of phenolic OH excluding ortho intramolecular Hbond substituents is 1. The number of para-hydroxylation sites is 1. The Morgan fingerprint density at radius 2 is 2.11 bits per heavy atom. The molecule has 1 N–H and O–H groups in total. The predicted molar refractivity (Wildman–Crippen MR) is 77.1 cm³/mol. The molecule has 0 amide bonds. The van der Waals surface area contributed by atoms with Crippen LogP contribution in [0.15, 0.2) is 35.9 Å². The number of carbonyl (C=O) groups excluding carboxylic acids is 1. The number of carbonyl (C=O) groups is 1. The van der Waals surface area contributed by atoms with Crippen LogP contribution in [-0.2, 0) is 11.2 Å². The van der Waals surface area contributed by atoms with E-state index in [1.54, 1.807) is 13.0 Å². The third-order valence-corrected chi connectivity index (χ3v) is 4.13. The van der Waals surface area contributed by atoms with Crippen LogP contribution >= 0.6 is 0 Å². The van der Waals surface area contributed by atoms with Gasteiger partial charge in [-0.3, -0.25) is 4.79 Å². The first-order chi connectivity index (χ1) is 9.00. The number of aromatic hydroxyl groups is 1. The van der Waals surface area contributed by atoms with Crippen LogP contribution in [0, 0.1) is 5.41 Å². The van der Waals surface area contributed by atoms with Crippen LogP contribution in [0.4, 0.5) is 0 Å². The van der Waals surface area contributed by atoms with Crippen LogP contribution in [0.5, 0.6) is 5.75 Å². The molecule has 2 nitrogen and oxygen atoms in total. The van der Waals surface area contributed by atoms with Gasteiger partial charge in [0, 0.05) is 0 Å². The van der Waals surface area contributed by atoms with Crippen molar-refractivity contribution in [1.82, 2.24) is 0 Å². The first kappa shape index (κ1) is 13.9. The summed E-state index contributed by atoms with van der Waals surface area (Å²) in [6.45, 7) is 3.88. The van der Waals surface area contributed by atoms with E-state index >= 15 is 0 Å². The maximum atomic E-state index is 11.4. The normalized spacial score (nSPS) is 22.3. The molecule has 2 rings (SSSR count). The second kappa shape index (κ2) is 5.60. The molecule has 0 radical (unpaired) electrons. The summed E-state index contributed by atoms with van der Waals surface area (Å²) in [4.78, 5) is 11.4. The maximum absolute atomic E-state index is 11.4. The fraction of sp³-hybridized carbons (Fsp3) is 0.471. The quantitative estimate of drug-likeness (QED) is 0.865. The lowest BCUT2D eigenvalue weighted by Gasteiger charge is -2.21. The Morgan fingerprint density at radius 3 is 2.74 bits per heavy atom. The van der Waals surface area contributed by atoms with Crippen LogP contribution in [0.3, 0.4) is 0 Å². The number of phenols is 1. The highest BCUT2D eigenvalue weighted by atomic mass is 16.3. The zero-order valence-corrected chi connectivity index (χ0v) is 11.8. The highest BCUT2D eigenvalue weighted by molar-refractivity contribution is 5.93. The summed E-state index contributed by atoms with van der Waals surface area (Å²) in [6.07, 6.45) is 7.16. The lowest BCUT2D eigenvalue weighted by Crippen LogP contribution is -2.09. The minimum absolute atomic E-state index is 0.158. The average molecular weight is 258 g/mol. The van der Waals surface area contributed by atoms with Crippen LogP contribution in [-0.4, -0.2) is 10.9 Å². The number of allylic oxidation sites excluding steroid dienone is 2. The molecule has 1 aliphatic carbocycles. The van der Waals surface area contributed by atoms with E-state index in [0.29, 0.717) is 5.75 Å². The first-order valence-electron chi connectivity index (χ1n) is 7.00. The molecule has 0 bridgehead atoms. The van der Waals surface area contributed by atoms with E-state index in [1.807, 2.05) is 18.2 Å². The van der Waals surface area contributed by atoms with Crippen molar-refractivity contribution >= 4 is 5.78 Å². The number of rotatable bonds is 5. The summed E-state index contributed by atoms with van der Waals surface area (Å²) in [5.41, 5.74) is 2.16. The lowest BCUT2D eigenvalue weighted by atomic mass is 9.84. The highest BCUT2D eigenvalue weighted by Gasteiger charge is 2.28. The standard InChI is InChI=1S/C17H22O2/c1-13(18)15-9-11-17(2,12-15)10-5-7-14-6-3-4-8-16(14)19/h3-4,6,8,12,19H,5,7,9-11H2,1-2H3/t17-/m1/s1. The molecular weight excluding hydrogens is 236 g/mol. The number of ketones is 1. The van der Waals surface area contributed by atoms with Crippen molar-refractivity contribution in [2.24, 2.45) is 5.41 Å². The topological polar surface area (TPSA) is 37.3 Å². The van der Waals surface area contributed by atoms with E-state index in [0.717, 1.165) is 43.2 Å². The Balaban J connectivity index is 1.90. The molecule has 102 valence electrons. The highest BCUT2D eigenvalue weighted by Crippen LogP contribution is 2.40. The van der Waals surface area contributed by atoms with E-state index in [4.69, 9.17) is 0 Å². The van der Waals surface area contributed by atoms with Gasteiger partial charge in [-0.15, -0.1) is 0 Å². The van der Waals surface area contributed by atoms with Crippen molar-refractivity contribution in [2.45, 2.75) is 46.0 Å². The summed E-state index contributed by atoms with van der Waals surface area (Å²) in [7, 11) is 0. The maximum Gasteiger partial charge on any atom is 0.155 e. The number of Topliss-reactive ketones (excluding diaryl/α,β-unsaturated/α-hetero) is 1. The van der Waals surface area contributed by atoms with Crippen LogP contribution in [0.25, 0.3) is 0 Å². The monoisotopic (exact) mass is 258 g/mol. The van der Waals surface area contributed by atoms with Crippen molar-refractivity contribution in [3.05, 3.63) is 41.5 Å². The molecule has 19 heavy (non-hydrogen) atoms. The molecule has 1 aromatic carbocycles. The van der Waals surface area contributed by atoms with Gasteiger partial charge in [0.1, 0.15) is 5.75 Å². The van der Waals surface area contributed by atoms with Crippen molar-refractivity contribution in [1.29, 1.82) is 0 Å². The van der Waals surface area contributed by atoms with Gasteiger partial charge in [0.05, 0.1) is 0 Å². The Morgan fingerprint density at radius 1 is 1.37 bits per heavy atom. The van der Waals surface area contributed by atoms with E-state index < -0.39 is 0 Å². The Labute approximate surface area is 115 Å². The fourth-order valence-electron chi connectivity index (χ4n) is 2.86. The number of hydrogen-bond donors (Lipinski definition) is 1. The molecule has 0 heterocycles. The molecule has 0 spiro atoms. The van der Waals surface area contributed by atoms with Gasteiger partial charge in [-0.2, -0.15) is 0 Å². The Bertz CT molecular complexity index is 502. The lowest BCUT2D eigenvalue weighted by molar-refractivity contribution is -0.113. The van der Waals surface area contributed by atoms with E-state index in [-0.39, 0.29) is 11.2 Å². The SMILES string of the molecule is CC(=O)C1=C[C@](C)(CCCc2ccccc2O)CC1. The second-order valence-corrected chi connectivity index (χ2v) is 5.86. The van der Waals surface area contributed by atoms with E-state index in [2.05, 4.69) is 13.0 Å². The van der Waals surface area contributed by atoms with Crippen molar-refractivity contribution < 1.29 is 9.90 Å². The van der Waals surface area contributed by atoms with Crippen molar-refractivity contribution in [3.63, 3.8) is 0 Å². The zero-order chi connectivity index (χ0) is 13.9. The zero-order valence-electron chi connectivity index (χ0n) is 11.8. The third kappa shape index (κ3) is 3.46. The summed E-state index contributed by atoms with van der Waals surface area (Å²) < 4.78 is 0. The summed E-state index contributed by atoms with van der Waals surface area (Å²) in [5, 5.41) is 9.72. The minimum Gasteiger partial charge on any atom is -0.508 e. The molecule has 2 heteroatoms. The Hall–Kier alpha value is -1.57. The molecule has 0 unspecified atom stereocenters. The Kier molecular flexibility index (Phi) is 4.08. The molecule has 0 fully saturated rings. The molecule has 0 saturated heterocycles. The molecule has 1 aliphatic rings. The molecule has 1 aromatic rings. The third-order valence-electron chi connectivity index (χ3n) is 4.13. The summed E-state index contributed by atoms with van der Waals surface area (Å²) >= 11 is 0. The fourth-order valence-corrected chi connectivity index (χ4v) is 2.86. The molecule has 1 atom stereocenters. The summed E-state index contributed by atoms with van der Waals surface area (Å²) in [5.74, 6) is 0.600. The van der Waals surface area contributed by atoms with Gasteiger partial charge in [-0.1, -0.05) is 31.2 Å². The minimum atomic E-state index is 0.158. The van der Waals surface area contributed by atoms with Gasteiger partial charge in [-0.05, 0) is 61.6 Å². The van der Waals surface area contributed by atoms with Gasteiger partial charge in [-0.25, -0.2) is 0 Å². The largest absolute Gasteiger partial charge is 0.508 e. The number of hydrogen-bond acceptors (Lipinski definition) is 2. The van der Waals surface area contributed by atoms with Gasteiger partial charge in [0.2, 0.25) is 0 Å².